The summed E-state index contributed by atoms with van der Waals surface area (Å²) in [5.74, 6) is -1.45. The largest absolute Gasteiger partial charge is 0.366 e. The van der Waals surface area contributed by atoms with Gasteiger partial charge in [0.15, 0.2) is 0 Å². The van der Waals surface area contributed by atoms with Crippen LogP contribution in [0.15, 0.2) is 53.0 Å². The molecular formula is C16H12BrFN2O2. The van der Waals surface area contributed by atoms with Crippen molar-refractivity contribution in [3.8, 4) is 0 Å². The molecule has 6 heteroatoms. The van der Waals surface area contributed by atoms with E-state index in [9.17, 15) is 14.0 Å². The molecule has 3 N–H and O–H groups in total. The second-order valence-electron chi connectivity index (χ2n) is 4.43. The minimum absolute atomic E-state index is 0.287. The Hall–Kier alpha value is -2.47. The van der Waals surface area contributed by atoms with E-state index in [4.69, 9.17) is 5.73 Å². The van der Waals surface area contributed by atoms with E-state index in [1.807, 2.05) is 0 Å². The molecule has 0 aromatic heterocycles. The summed E-state index contributed by atoms with van der Waals surface area (Å²) in [7, 11) is 0. The lowest BCUT2D eigenvalue weighted by Crippen LogP contribution is -2.12. The molecule has 0 aliphatic rings. The highest BCUT2D eigenvalue weighted by Gasteiger charge is 2.04. The number of halogens is 2. The van der Waals surface area contributed by atoms with Crippen LogP contribution in [0.5, 0.6) is 0 Å². The maximum atomic E-state index is 13.5. The van der Waals surface area contributed by atoms with Crippen LogP contribution in [0.3, 0.4) is 0 Å². The van der Waals surface area contributed by atoms with Gasteiger partial charge in [-0.1, -0.05) is 22.0 Å². The van der Waals surface area contributed by atoms with Gasteiger partial charge in [0.1, 0.15) is 5.82 Å². The van der Waals surface area contributed by atoms with Gasteiger partial charge < -0.3 is 11.1 Å². The Balaban J connectivity index is 2.10. The van der Waals surface area contributed by atoms with Gasteiger partial charge in [0.25, 0.3) is 0 Å². The molecule has 0 spiro atoms. The molecule has 0 unspecified atom stereocenters. The van der Waals surface area contributed by atoms with Crippen LogP contribution in [0.4, 0.5) is 10.1 Å². The second kappa shape index (κ2) is 7.00. The standard InChI is InChI=1S/C16H12BrFN2O2/c17-12-5-6-14(18)10(8-12)4-7-15(21)20-13-3-1-2-11(9-13)16(19)22/h1-9H,(H2,19,22)(H,20,21)/b7-4+. The molecule has 0 atom stereocenters. The van der Waals surface area contributed by atoms with Gasteiger partial charge in [-0.25, -0.2) is 4.39 Å². The molecule has 2 aromatic carbocycles. The summed E-state index contributed by atoms with van der Waals surface area (Å²) >= 11 is 3.23. The number of amides is 2. The van der Waals surface area contributed by atoms with Crippen molar-refractivity contribution >= 4 is 39.5 Å². The summed E-state index contributed by atoms with van der Waals surface area (Å²) in [6.07, 6.45) is 2.58. The molecule has 22 heavy (non-hydrogen) atoms. The molecule has 0 saturated heterocycles. The van der Waals surface area contributed by atoms with Gasteiger partial charge in [-0.15, -0.1) is 0 Å². The van der Waals surface area contributed by atoms with Crippen molar-refractivity contribution in [1.82, 2.24) is 0 Å². The SMILES string of the molecule is NC(=O)c1cccc(NC(=O)/C=C/c2cc(Br)ccc2F)c1. The molecular weight excluding hydrogens is 351 g/mol. The smallest absolute Gasteiger partial charge is 0.248 e. The predicted octanol–water partition coefficient (Wildman–Crippen LogP) is 3.34. The maximum absolute atomic E-state index is 13.5. The van der Waals surface area contributed by atoms with Gasteiger partial charge in [0.05, 0.1) is 0 Å². The van der Waals surface area contributed by atoms with Crippen LogP contribution in [0, 0.1) is 5.82 Å². The van der Waals surface area contributed by atoms with E-state index in [1.165, 1.54) is 24.3 Å². The van der Waals surface area contributed by atoms with E-state index >= 15 is 0 Å². The van der Waals surface area contributed by atoms with E-state index in [0.717, 1.165) is 0 Å². The molecule has 0 aliphatic carbocycles. The molecule has 0 heterocycles. The Kier molecular flexibility index (Phi) is 5.06. The number of anilines is 1. The third-order valence-corrected chi connectivity index (χ3v) is 3.28. The summed E-state index contributed by atoms with van der Waals surface area (Å²) < 4.78 is 14.2. The van der Waals surface area contributed by atoms with E-state index in [2.05, 4.69) is 21.2 Å². The lowest BCUT2D eigenvalue weighted by atomic mass is 10.2. The van der Waals surface area contributed by atoms with E-state index in [1.54, 1.807) is 30.3 Å². The van der Waals surface area contributed by atoms with Crippen molar-refractivity contribution in [3.63, 3.8) is 0 Å². The first-order chi connectivity index (χ1) is 10.5. The molecule has 0 saturated carbocycles. The number of primary amides is 1. The van der Waals surface area contributed by atoms with Gasteiger partial charge in [-0.2, -0.15) is 0 Å². The Morgan fingerprint density at radius 1 is 1.18 bits per heavy atom. The predicted molar refractivity (Wildman–Crippen MR) is 86.7 cm³/mol. The number of carbonyl (C=O) groups excluding carboxylic acids is 2. The maximum Gasteiger partial charge on any atom is 0.248 e. The molecule has 2 rings (SSSR count). The topological polar surface area (TPSA) is 72.2 Å². The Labute approximate surface area is 135 Å². The number of benzene rings is 2. The van der Waals surface area contributed by atoms with Gasteiger partial charge in [-0.05, 0) is 42.5 Å². The fourth-order valence-electron chi connectivity index (χ4n) is 1.74. The Morgan fingerprint density at radius 3 is 2.68 bits per heavy atom. The normalized spacial score (nSPS) is 10.6. The summed E-state index contributed by atoms with van der Waals surface area (Å²) in [4.78, 5) is 22.9. The number of hydrogen-bond donors (Lipinski definition) is 2. The Morgan fingerprint density at radius 2 is 1.95 bits per heavy atom. The van der Waals surface area contributed by atoms with Crippen LogP contribution >= 0.6 is 15.9 Å². The van der Waals surface area contributed by atoms with Crippen LogP contribution in [-0.4, -0.2) is 11.8 Å². The number of rotatable bonds is 4. The quantitative estimate of drug-likeness (QED) is 0.818. The van der Waals surface area contributed by atoms with Crippen LogP contribution in [0.1, 0.15) is 15.9 Å². The Bertz CT molecular complexity index is 760. The van der Waals surface area contributed by atoms with Crippen molar-refractivity contribution in [3.05, 3.63) is 70.0 Å². The molecule has 2 aromatic rings. The zero-order valence-electron chi connectivity index (χ0n) is 11.3. The van der Waals surface area contributed by atoms with Gasteiger partial charge in [-0.3, -0.25) is 9.59 Å². The number of hydrogen-bond acceptors (Lipinski definition) is 2. The van der Waals surface area contributed by atoms with Crippen molar-refractivity contribution in [2.75, 3.05) is 5.32 Å². The third kappa shape index (κ3) is 4.26. The van der Waals surface area contributed by atoms with Gasteiger partial charge >= 0.3 is 0 Å². The minimum atomic E-state index is -0.581. The van der Waals surface area contributed by atoms with E-state index in [0.29, 0.717) is 15.7 Å². The van der Waals surface area contributed by atoms with Crippen LogP contribution in [-0.2, 0) is 4.79 Å². The highest BCUT2D eigenvalue weighted by molar-refractivity contribution is 9.10. The highest BCUT2D eigenvalue weighted by Crippen LogP contribution is 2.17. The first-order valence-corrected chi connectivity index (χ1v) is 7.09. The molecule has 2 amide bonds. The third-order valence-electron chi connectivity index (χ3n) is 2.79. The van der Waals surface area contributed by atoms with Crippen molar-refractivity contribution in [2.45, 2.75) is 0 Å². The number of nitrogens with two attached hydrogens (primary N) is 1. The van der Waals surface area contributed by atoms with Crippen LogP contribution < -0.4 is 11.1 Å². The lowest BCUT2D eigenvalue weighted by molar-refractivity contribution is -0.111. The van der Waals surface area contributed by atoms with Crippen LogP contribution in [0.2, 0.25) is 0 Å². The van der Waals surface area contributed by atoms with Crippen molar-refractivity contribution < 1.29 is 14.0 Å². The summed E-state index contributed by atoms with van der Waals surface area (Å²) in [6.45, 7) is 0. The van der Waals surface area contributed by atoms with Crippen molar-refractivity contribution in [2.24, 2.45) is 5.73 Å². The van der Waals surface area contributed by atoms with Crippen LogP contribution in [0.25, 0.3) is 6.08 Å². The lowest BCUT2D eigenvalue weighted by Gasteiger charge is -2.03. The fourth-order valence-corrected chi connectivity index (χ4v) is 2.12. The molecule has 0 bridgehead atoms. The van der Waals surface area contributed by atoms with E-state index < -0.39 is 17.6 Å². The zero-order chi connectivity index (χ0) is 16.1. The van der Waals surface area contributed by atoms with Crippen molar-refractivity contribution in [1.29, 1.82) is 0 Å². The molecule has 0 aliphatic heterocycles. The molecule has 0 radical (unpaired) electrons. The molecule has 4 nitrogen and oxygen atoms in total. The monoisotopic (exact) mass is 362 g/mol. The van der Waals surface area contributed by atoms with Gasteiger partial charge in [0.2, 0.25) is 11.8 Å². The average Bonchev–Trinajstić information content (AvgIpc) is 2.48. The summed E-state index contributed by atoms with van der Waals surface area (Å²) in [6, 6.07) is 10.7. The first kappa shape index (κ1) is 15.9. The summed E-state index contributed by atoms with van der Waals surface area (Å²) in [5.41, 5.74) is 6.18. The number of nitrogens with one attached hydrogen (secondary N) is 1. The zero-order valence-corrected chi connectivity index (χ0v) is 12.9. The molecule has 112 valence electrons. The fraction of sp³-hybridized carbons (Fsp3) is 0. The summed E-state index contributed by atoms with van der Waals surface area (Å²) in [5, 5.41) is 2.57. The molecule has 0 fully saturated rings. The number of carbonyl (C=O) groups is 2. The second-order valence-corrected chi connectivity index (χ2v) is 5.35. The average molecular weight is 363 g/mol. The minimum Gasteiger partial charge on any atom is -0.366 e. The highest BCUT2D eigenvalue weighted by atomic mass is 79.9. The first-order valence-electron chi connectivity index (χ1n) is 6.29. The van der Waals surface area contributed by atoms with Gasteiger partial charge in [0, 0.05) is 27.4 Å². The van der Waals surface area contributed by atoms with E-state index in [-0.39, 0.29) is 5.56 Å².